The van der Waals surface area contributed by atoms with Gasteiger partial charge < -0.3 is 16.4 Å². The fourth-order valence-corrected chi connectivity index (χ4v) is 9.30. The van der Waals surface area contributed by atoms with E-state index in [2.05, 4.69) is 181 Å². The fourth-order valence-electron chi connectivity index (χ4n) is 9.30. The van der Waals surface area contributed by atoms with E-state index in [4.69, 9.17) is 29.3 Å². The van der Waals surface area contributed by atoms with E-state index in [0.717, 1.165) is 84.1 Å². The van der Waals surface area contributed by atoms with Crippen LogP contribution in [-0.2, 0) is 36.4 Å². The molecule has 76 heavy (non-hydrogen) atoms. The van der Waals surface area contributed by atoms with Crippen molar-refractivity contribution in [3.05, 3.63) is 225 Å². The molecule has 0 amide bonds. The van der Waals surface area contributed by atoms with Gasteiger partial charge in [-0.3, -0.25) is 14.5 Å². The number of imidazole rings is 2. The minimum atomic E-state index is -0.261. The molecule has 0 saturated heterocycles. The summed E-state index contributed by atoms with van der Waals surface area (Å²) < 4.78 is 10.8. The van der Waals surface area contributed by atoms with Gasteiger partial charge in [-0.2, -0.15) is 34.2 Å². The van der Waals surface area contributed by atoms with E-state index < -0.39 is 0 Å². The second-order valence-corrected chi connectivity index (χ2v) is 21.7. The predicted molar refractivity (Wildman–Crippen MR) is 309 cm³/mol. The van der Waals surface area contributed by atoms with Crippen LogP contribution >= 0.6 is 0 Å². The Hall–Kier alpha value is -8.04. The summed E-state index contributed by atoms with van der Waals surface area (Å²) in [6.07, 6.45) is 0. The van der Waals surface area contributed by atoms with Crippen LogP contribution in [-0.4, -0.2) is 34.1 Å². The van der Waals surface area contributed by atoms with Crippen LogP contribution in [0.15, 0.2) is 192 Å². The van der Waals surface area contributed by atoms with Crippen molar-refractivity contribution in [1.29, 1.82) is 0 Å². The van der Waals surface area contributed by atoms with Crippen molar-refractivity contribution in [2.45, 2.75) is 78.6 Å². The van der Waals surface area contributed by atoms with E-state index in [1.165, 1.54) is 16.7 Å². The molecule has 12 rings (SSSR count). The van der Waals surface area contributed by atoms with Crippen LogP contribution in [0.3, 0.4) is 0 Å². The van der Waals surface area contributed by atoms with Gasteiger partial charge in [-0.1, -0.05) is 176 Å². The van der Waals surface area contributed by atoms with Crippen LogP contribution in [0.5, 0.6) is 0 Å². The zero-order chi connectivity index (χ0) is 51.4. The number of rotatable bonds is 7. The summed E-state index contributed by atoms with van der Waals surface area (Å²) in [6.45, 7) is 19.5. The zero-order valence-electron chi connectivity index (χ0n) is 44.7. The quantitative estimate of drug-likeness (QED) is 0.147. The van der Waals surface area contributed by atoms with Crippen molar-refractivity contribution in [3.63, 3.8) is 0 Å². The average molecular weight is 1170 g/mol. The number of hydrogen-bond acceptors (Lipinski definition) is 7. The molecule has 10 heteroatoms. The van der Waals surface area contributed by atoms with E-state index in [1.807, 2.05) is 95.9 Å². The molecule has 4 heterocycles. The van der Waals surface area contributed by atoms with Gasteiger partial charge in [0.1, 0.15) is 17.2 Å². The van der Waals surface area contributed by atoms with Crippen LogP contribution in [0.25, 0.3) is 77.9 Å². The smallest absolute Gasteiger partial charge is 0.501 e. The number of fused-ring (bicyclic) bond motifs is 5. The average Bonchev–Trinajstić information content (AvgIpc) is 4.11. The zero-order valence-corrected chi connectivity index (χ0v) is 47.1. The number of furan rings is 1. The molecule has 0 spiro atoms. The molecule has 0 saturated carbocycles. The first kappa shape index (κ1) is 52.8. The Labute approximate surface area is 459 Å². The summed E-state index contributed by atoms with van der Waals surface area (Å²) in [5.74, 6) is 3.50. The molecule has 380 valence electrons. The van der Waals surface area contributed by atoms with Crippen molar-refractivity contribution in [1.82, 2.24) is 34.1 Å². The SMILES string of the molecule is CC(C)(C)c1ccc(-n2c(-c3[c-]ccc4c3oc3ccccc34)nc3ccccc32)c(-c2ccccc2)c1.CC(C)(C)c1nc(N(c2[c-]cccc2)c2nc3ccccc3n2-c2ccccc2)nc(C(C)(C)C)n1.[CH3-].[Ir+3]. The van der Waals surface area contributed by atoms with Gasteiger partial charge in [0.2, 0.25) is 11.9 Å². The number of para-hydroxylation sites is 7. The maximum atomic E-state index is 6.42. The first-order chi connectivity index (χ1) is 35.6. The van der Waals surface area contributed by atoms with Crippen LogP contribution in [0, 0.1) is 19.6 Å². The summed E-state index contributed by atoms with van der Waals surface area (Å²) in [5.41, 5.74) is 12.4. The second kappa shape index (κ2) is 20.9. The van der Waals surface area contributed by atoms with E-state index in [1.54, 1.807) is 0 Å². The molecule has 0 radical (unpaired) electrons. The minimum Gasteiger partial charge on any atom is -0.501 e. The molecule has 0 bridgehead atoms. The first-order valence-corrected chi connectivity index (χ1v) is 25.2. The molecule has 0 aliphatic carbocycles. The fraction of sp³-hybridized carbons (Fsp3) is 0.182. The Kier molecular flexibility index (Phi) is 14.5. The number of benzene rings is 8. The summed E-state index contributed by atoms with van der Waals surface area (Å²) in [5, 5.41) is 2.17. The largest absolute Gasteiger partial charge is 3.00 e. The maximum absolute atomic E-state index is 6.42. The Morgan fingerprint density at radius 1 is 0.500 bits per heavy atom. The number of anilines is 3. The van der Waals surface area contributed by atoms with Crippen molar-refractivity contribution in [2.75, 3.05) is 4.90 Å². The Bertz CT molecular complexity index is 3940. The molecule has 0 atom stereocenters. The standard InChI is InChI=1S/C35H27N2O.C30H31N6.CH3.Ir/c1-35(2,3)24-20-21-30(28(22-24)23-12-5-4-6-13-23)37-31-18-9-8-17-29(31)36-34(37)27-16-11-15-26-25-14-7-10-19-32(25)38-33(26)27;1-29(2,3)25-32-26(30(4,5)6)34-27(33-25)36(22-17-11-8-12-18-22)28-31-23-19-13-14-20-24(23)35(28)21-15-9-7-10-16-21;;/h4-15,17-22H,1-3H3;7-17,19-20H,1-6H3;1H3;/q3*-1;+3. The Morgan fingerprint density at radius 3 is 1.74 bits per heavy atom. The summed E-state index contributed by atoms with van der Waals surface area (Å²) in [6, 6.07) is 71.0. The third kappa shape index (κ3) is 10.1. The molecule has 8 aromatic carbocycles. The second-order valence-electron chi connectivity index (χ2n) is 21.7. The van der Waals surface area contributed by atoms with Gasteiger partial charge in [0, 0.05) is 33.2 Å². The van der Waals surface area contributed by atoms with Crippen molar-refractivity contribution >= 4 is 61.6 Å². The van der Waals surface area contributed by atoms with Gasteiger partial charge in [0.15, 0.2) is 0 Å². The summed E-state index contributed by atoms with van der Waals surface area (Å²) in [4.78, 5) is 27.1. The van der Waals surface area contributed by atoms with Crippen LogP contribution in [0.4, 0.5) is 17.6 Å². The summed E-state index contributed by atoms with van der Waals surface area (Å²) >= 11 is 0. The molecule has 0 unspecified atom stereocenters. The summed E-state index contributed by atoms with van der Waals surface area (Å²) in [7, 11) is 0. The minimum absolute atomic E-state index is 0. The van der Waals surface area contributed by atoms with Gasteiger partial charge in [0.05, 0.1) is 33.5 Å². The van der Waals surface area contributed by atoms with Crippen molar-refractivity contribution < 1.29 is 24.5 Å². The first-order valence-electron chi connectivity index (χ1n) is 25.2. The van der Waals surface area contributed by atoms with E-state index in [9.17, 15) is 0 Å². The van der Waals surface area contributed by atoms with E-state index >= 15 is 0 Å². The molecular weight excluding hydrogens is 1110 g/mol. The van der Waals surface area contributed by atoms with Gasteiger partial charge in [0.25, 0.3) is 0 Å². The van der Waals surface area contributed by atoms with Crippen molar-refractivity contribution in [2.24, 2.45) is 0 Å². The number of hydrogen-bond donors (Lipinski definition) is 0. The third-order valence-electron chi connectivity index (χ3n) is 13.2. The van der Waals surface area contributed by atoms with Crippen LogP contribution in [0.1, 0.15) is 79.5 Å². The van der Waals surface area contributed by atoms with Gasteiger partial charge >= 0.3 is 20.1 Å². The van der Waals surface area contributed by atoms with Crippen molar-refractivity contribution in [3.8, 4) is 33.9 Å². The molecule has 0 aliphatic rings. The van der Waals surface area contributed by atoms with E-state index in [0.29, 0.717) is 11.9 Å². The van der Waals surface area contributed by atoms with Gasteiger partial charge in [-0.25, -0.2) is 9.97 Å². The number of aromatic nitrogens is 7. The van der Waals surface area contributed by atoms with Crippen LogP contribution in [0.2, 0.25) is 0 Å². The molecule has 4 aromatic heterocycles. The monoisotopic (exact) mass is 1170 g/mol. The topological polar surface area (TPSA) is 90.7 Å². The molecule has 0 aliphatic heterocycles. The normalized spacial score (nSPS) is 11.8. The molecule has 0 N–H and O–H groups in total. The maximum Gasteiger partial charge on any atom is 3.00 e. The molecule has 9 nitrogen and oxygen atoms in total. The number of nitrogens with zero attached hydrogens (tertiary/aromatic N) is 8. The van der Waals surface area contributed by atoms with Gasteiger partial charge in [-0.15, -0.1) is 24.3 Å². The molecular formula is C66H61IrN8O. The molecule has 12 aromatic rings. The van der Waals surface area contributed by atoms with Crippen LogP contribution < -0.4 is 4.90 Å². The van der Waals surface area contributed by atoms with E-state index in [-0.39, 0.29) is 43.8 Å². The Balaban J connectivity index is 0.000000181. The predicted octanol–water partition coefficient (Wildman–Crippen LogP) is 16.9. The molecule has 0 fully saturated rings. The third-order valence-corrected chi connectivity index (χ3v) is 13.2. The Morgan fingerprint density at radius 2 is 1.09 bits per heavy atom. The van der Waals surface area contributed by atoms with Gasteiger partial charge in [-0.05, 0) is 71.1 Å².